The van der Waals surface area contributed by atoms with Gasteiger partial charge in [0.15, 0.2) is 0 Å². The van der Waals surface area contributed by atoms with E-state index in [1.54, 1.807) is 6.20 Å². The number of carbonyl (C=O) groups is 1. The van der Waals surface area contributed by atoms with Gasteiger partial charge in [-0.2, -0.15) is 0 Å². The molecular weight excluding hydrogens is 382 g/mol. The van der Waals surface area contributed by atoms with Gasteiger partial charge in [-0.25, -0.2) is 4.98 Å². The van der Waals surface area contributed by atoms with E-state index >= 15 is 0 Å². The third-order valence-electron chi connectivity index (χ3n) is 6.11. The summed E-state index contributed by atoms with van der Waals surface area (Å²) in [5, 5.41) is 3.00. The van der Waals surface area contributed by atoms with Crippen molar-refractivity contribution in [3.63, 3.8) is 0 Å². The zero-order valence-electron chi connectivity index (χ0n) is 18.5. The van der Waals surface area contributed by atoms with Gasteiger partial charge in [-0.15, -0.1) is 0 Å². The topological polar surface area (TPSA) is 45.2 Å². The molecule has 1 aromatic heterocycles. The van der Waals surface area contributed by atoms with E-state index in [4.69, 9.17) is 0 Å². The fraction of sp³-hybridized carbons (Fsp3) is 0.333. The summed E-state index contributed by atoms with van der Waals surface area (Å²) in [5.41, 5.74) is 6.06. The van der Waals surface area contributed by atoms with Crippen molar-refractivity contribution in [1.29, 1.82) is 0 Å². The highest BCUT2D eigenvalue weighted by molar-refractivity contribution is 6.05. The number of carbonyl (C=O) groups excluding carboxylic acids is 1. The minimum atomic E-state index is -0.115. The Labute approximate surface area is 185 Å². The van der Waals surface area contributed by atoms with E-state index in [2.05, 4.69) is 53.3 Å². The van der Waals surface area contributed by atoms with Crippen LogP contribution < -0.4 is 10.2 Å². The average Bonchev–Trinajstić information content (AvgIpc) is 3.10. The van der Waals surface area contributed by atoms with Gasteiger partial charge in [0.05, 0.1) is 11.9 Å². The summed E-state index contributed by atoms with van der Waals surface area (Å²) in [6.07, 6.45) is 7.81. The van der Waals surface area contributed by atoms with Gasteiger partial charge in [0.25, 0.3) is 5.91 Å². The van der Waals surface area contributed by atoms with Crippen molar-refractivity contribution in [2.45, 2.75) is 46.0 Å². The van der Waals surface area contributed by atoms with Crippen LogP contribution in [-0.2, 0) is 6.42 Å². The van der Waals surface area contributed by atoms with E-state index in [1.807, 2.05) is 30.3 Å². The van der Waals surface area contributed by atoms with Crippen LogP contribution in [0, 0.1) is 6.92 Å². The first-order valence-corrected chi connectivity index (χ1v) is 11.4. The number of nitrogens with zero attached hydrogens (tertiary/aromatic N) is 2. The van der Waals surface area contributed by atoms with Crippen LogP contribution in [0.25, 0.3) is 11.1 Å². The highest BCUT2D eigenvalue weighted by Crippen LogP contribution is 2.26. The molecule has 4 heteroatoms. The van der Waals surface area contributed by atoms with Gasteiger partial charge in [-0.05, 0) is 72.7 Å². The zero-order valence-corrected chi connectivity index (χ0v) is 18.5. The van der Waals surface area contributed by atoms with Crippen molar-refractivity contribution >= 4 is 17.4 Å². The predicted molar refractivity (Wildman–Crippen MR) is 129 cm³/mol. The maximum absolute atomic E-state index is 12.9. The molecule has 4 rings (SSSR count). The van der Waals surface area contributed by atoms with E-state index in [0.717, 1.165) is 47.7 Å². The van der Waals surface area contributed by atoms with Gasteiger partial charge in [-0.3, -0.25) is 4.79 Å². The molecule has 1 saturated heterocycles. The number of benzene rings is 2. The summed E-state index contributed by atoms with van der Waals surface area (Å²) in [5.74, 6) is 0.879. The van der Waals surface area contributed by atoms with Crippen molar-refractivity contribution in [1.82, 2.24) is 4.98 Å². The fourth-order valence-corrected chi connectivity index (χ4v) is 4.14. The highest BCUT2D eigenvalue weighted by Gasteiger charge is 2.13. The molecule has 1 amide bonds. The molecule has 0 atom stereocenters. The first-order chi connectivity index (χ1) is 15.1. The lowest BCUT2D eigenvalue weighted by atomic mass is 9.96. The molecular formula is C27H31N3O. The van der Waals surface area contributed by atoms with E-state index < -0.39 is 0 Å². The third kappa shape index (κ3) is 5.13. The molecule has 31 heavy (non-hydrogen) atoms. The van der Waals surface area contributed by atoms with E-state index in [1.165, 1.54) is 31.2 Å². The van der Waals surface area contributed by atoms with Gasteiger partial charge in [0, 0.05) is 18.7 Å². The van der Waals surface area contributed by atoms with E-state index in [-0.39, 0.29) is 5.91 Å². The Kier molecular flexibility index (Phi) is 6.66. The van der Waals surface area contributed by atoms with Gasteiger partial charge in [0.2, 0.25) is 0 Å². The van der Waals surface area contributed by atoms with Crippen LogP contribution in [0.2, 0.25) is 0 Å². The van der Waals surface area contributed by atoms with Crippen LogP contribution in [0.1, 0.15) is 54.1 Å². The number of hydrogen-bond donors (Lipinski definition) is 1. The van der Waals surface area contributed by atoms with Crippen LogP contribution in [-0.4, -0.2) is 24.0 Å². The Morgan fingerprint density at radius 2 is 1.71 bits per heavy atom. The summed E-state index contributed by atoms with van der Waals surface area (Å²) >= 11 is 0. The molecule has 0 radical (unpaired) electrons. The minimum Gasteiger partial charge on any atom is -0.357 e. The number of nitrogens with one attached hydrogen (secondary N) is 1. The molecule has 1 aliphatic rings. The molecule has 0 unspecified atom stereocenters. The second-order valence-electron chi connectivity index (χ2n) is 8.34. The summed E-state index contributed by atoms with van der Waals surface area (Å²) in [6, 6.07) is 18.4. The van der Waals surface area contributed by atoms with Crippen molar-refractivity contribution < 1.29 is 4.79 Å². The summed E-state index contributed by atoms with van der Waals surface area (Å²) in [4.78, 5) is 19.8. The molecule has 3 aromatic rings. The smallest absolute Gasteiger partial charge is 0.255 e. The van der Waals surface area contributed by atoms with Crippen molar-refractivity contribution in [2.24, 2.45) is 0 Å². The number of aromatic nitrogens is 1. The molecule has 1 fully saturated rings. The number of anilines is 2. The predicted octanol–water partition coefficient (Wildman–Crippen LogP) is 6.25. The molecule has 4 nitrogen and oxygen atoms in total. The quantitative estimate of drug-likeness (QED) is 0.537. The van der Waals surface area contributed by atoms with Crippen LogP contribution in [0.3, 0.4) is 0 Å². The van der Waals surface area contributed by atoms with Crippen LogP contribution in [0.15, 0.2) is 60.8 Å². The summed E-state index contributed by atoms with van der Waals surface area (Å²) in [7, 11) is 0. The number of pyridine rings is 1. The summed E-state index contributed by atoms with van der Waals surface area (Å²) in [6.45, 7) is 6.35. The Morgan fingerprint density at radius 1 is 0.968 bits per heavy atom. The molecule has 0 saturated carbocycles. The number of hydrogen-bond acceptors (Lipinski definition) is 3. The molecule has 160 valence electrons. The third-order valence-corrected chi connectivity index (χ3v) is 6.11. The average molecular weight is 414 g/mol. The second-order valence-corrected chi connectivity index (χ2v) is 8.34. The van der Waals surface area contributed by atoms with Crippen LogP contribution in [0.4, 0.5) is 11.5 Å². The Bertz CT molecular complexity index is 1020. The SMILES string of the molecule is CCc1ccc(-c2cc(C(=O)Nc3ccc(N4CCCCCC4)nc3)ccc2C)cc1. The lowest BCUT2D eigenvalue weighted by Gasteiger charge is -2.21. The maximum atomic E-state index is 12.9. The molecule has 2 aromatic carbocycles. The molecule has 0 aliphatic carbocycles. The molecule has 2 heterocycles. The minimum absolute atomic E-state index is 0.115. The summed E-state index contributed by atoms with van der Waals surface area (Å²) < 4.78 is 0. The Balaban J connectivity index is 1.48. The first-order valence-electron chi connectivity index (χ1n) is 11.4. The molecule has 0 bridgehead atoms. The molecule has 1 N–H and O–H groups in total. The number of aryl methyl sites for hydroxylation is 2. The van der Waals surface area contributed by atoms with Gasteiger partial charge in [0.1, 0.15) is 5.82 Å². The van der Waals surface area contributed by atoms with Crippen molar-refractivity contribution in [3.8, 4) is 11.1 Å². The van der Waals surface area contributed by atoms with Crippen molar-refractivity contribution in [2.75, 3.05) is 23.3 Å². The molecule has 1 aliphatic heterocycles. The van der Waals surface area contributed by atoms with Gasteiger partial charge in [-0.1, -0.05) is 50.1 Å². The lowest BCUT2D eigenvalue weighted by molar-refractivity contribution is 0.102. The fourth-order valence-electron chi connectivity index (χ4n) is 4.14. The normalized spacial score (nSPS) is 14.2. The number of rotatable bonds is 5. The van der Waals surface area contributed by atoms with E-state index in [9.17, 15) is 4.79 Å². The Morgan fingerprint density at radius 3 is 2.35 bits per heavy atom. The molecule has 0 spiro atoms. The highest BCUT2D eigenvalue weighted by atomic mass is 16.1. The van der Waals surface area contributed by atoms with E-state index in [0.29, 0.717) is 5.56 Å². The van der Waals surface area contributed by atoms with Gasteiger partial charge < -0.3 is 10.2 Å². The standard InChI is InChI=1S/C27H31N3O/c1-3-21-9-12-22(13-10-21)25-18-23(11-8-20(25)2)27(31)29-24-14-15-26(28-19-24)30-16-6-4-5-7-17-30/h8-15,18-19H,3-7,16-17H2,1-2H3,(H,29,31). The Hall–Kier alpha value is -3.14. The number of amides is 1. The monoisotopic (exact) mass is 413 g/mol. The second kappa shape index (κ2) is 9.78. The zero-order chi connectivity index (χ0) is 21.6. The van der Waals surface area contributed by atoms with Gasteiger partial charge >= 0.3 is 0 Å². The lowest BCUT2D eigenvalue weighted by Crippen LogP contribution is -2.24. The first kappa shape index (κ1) is 21.1. The largest absolute Gasteiger partial charge is 0.357 e. The van der Waals surface area contributed by atoms with Crippen LogP contribution >= 0.6 is 0 Å². The maximum Gasteiger partial charge on any atom is 0.255 e. The van der Waals surface area contributed by atoms with Crippen molar-refractivity contribution in [3.05, 3.63) is 77.5 Å². The van der Waals surface area contributed by atoms with Crippen LogP contribution in [0.5, 0.6) is 0 Å².